The van der Waals surface area contributed by atoms with Gasteiger partial charge in [0.1, 0.15) is 5.75 Å². The molecule has 6 heteroatoms. The van der Waals surface area contributed by atoms with Gasteiger partial charge >= 0.3 is 0 Å². The third kappa shape index (κ3) is 6.90. The number of hydrogen-bond donors (Lipinski definition) is 3. The molecule has 4 unspecified atom stereocenters. The fourth-order valence-corrected chi connectivity index (χ4v) is 4.50. The summed E-state index contributed by atoms with van der Waals surface area (Å²) in [5, 5.41) is 23.4. The first-order valence-corrected chi connectivity index (χ1v) is 11.4. The minimum atomic E-state index is -0.432. The average molecular weight is 440 g/mol. The average Bonchev–Trinajstić information content (AvgIpc) is 2.73. The Hall–Kier alpha value is -2.70. The van der Waals surface area contributed by atoms with E-state index >= 15 is 0 Å². The predicted octanol–water partition coefficient (Wildman–Crippen LogP) is 3.98. The molecule has 2 aliphatic heterocycles. The van der Waals surface area contributed by atoms with Gasteiger partial charge in [0.25, 0.3) is 0 Å². The van der Waals surface area contributed by atoms with Crippen LogP contribution in [0.4, 0.5) is 0 Å². The van der Waals surface area contributed by atoms with Crippen molar-refractivity contribution in [1.82, 2.24) is 5.32 Å². The van der Waals surface area contributed by atoms with Crippen LogP contribution in [-0.4, -0.2) is 40.2 Å². The number of phenols is 1. The van der Waals surface area contributed by atoms with Crippen molar-refractivity contribution in [1.29, 1.82) is 0 Å². The molecule has 6 nitrogen and oxygen atoms in total. The Morgan fingerprint density at radius 3 is 2.78 bits per heavy atom. The fraction of sp³-hybridized carbons (Fsp3) is 0.462. The van der Waals surface area contributed by atoms with Crippen LogP contribution in [0.5, 0.6) is 5.75 Å². The Labute approximate surface area is 189 Å². The van der Waals surface area contributed by atoms with Crippen molar-refractivity contribution in [3.05, 3.63) is 65.9 Å². The highest BCUT2D eigenvalue weighted by Crippen LogP contribution is 2.34. The summed E-state index contributed by atoms with van der Waals surface area (Å²) in [7, 11) is 0. The lowest BCUT2D eigenvalue weighted by Gasteiger charge is -2.36. The molecule has 2 bridgehead atoms. The maximum absolute atomic E-state index is 13.1. The number of carbonyl (C=O) groups is 2. The Kier molecular flexibility index (Phi) is 8.82. The van der Waals surface area contributed by atoms with Gasteiger partial charge in [0, 0.05) is 18.7 Å². The summed E-state index contributed by atoms with van der Waals surface area (Å²) in [6.45, 7) is 2.02. The summed E-state index contributed by atoms with van der Waals surface area (Å²) < 4.78 is 6.24. The lowest BCUT2D eigenvalue weighted by atomic mass is 9.83. The monoisotopic (exact) mass is 439 g/mol. The number of allylic oxidation sites excluding steroid dienone is 4. The van der Waals surface area contributed by atoms with E-state index in [1.165, 1.54) is 12.1 Å². The van der Waals surface area contributed by atoms with Crippen LogP contribution in [0, 0.1) is 5.92 Å². The lowest BCUT2D eigenvalue weighted by molar-refractivity contribution is -0.115. The number of benzene rings is 1. The molecule has 1 aromatic rings. The Balaban J connectivity index is 1.70. The van der Waals surface area contributed by atoms with Crippen LogP contribution in [0.3, 0.4) is 0 Å². The largest absolute Gasteiger partial charge is 0.507 e. The number of amides is 1. The van der Waals surface area contributed by atoms with E-state index in [0.717, 1.165) is 12.0 Å². The highest BCUT2D eigenvalue weighted by molar-refractivity contribution is 6.00. The van der Waals surface area contributed by atoms with Crippen molar-refractivity contribution in [3.63, 3.8) is 0 Å². The molecule has 4 atom stereocenters. The van der Waals surface area contributed by atoms with Crippen molar-refractivity contribution in [2.24, 2.45) is 5.92 Å². The van der Waals surface area contributed by atoms with E-state index in [9.17, 15) is 19.8 Å². The number of carbonyl (C=O) groups excluding carboxylic acids is 2. The Morgan fingerprint density at radius 1 is 1.16 bits per heavy atom. The third-order valence-electron chi connectivity index (χ3n) is 5.92. The van der Waals surface area contributed by atoms with E-state index in [1.807, 2.05) is 31.2 Å². The van der Waals surface area contributed by atoms with Gasteiger partial charge in [-0.1, -0.05) is 43.4 Å². The first kappa shape index (κ1) is 24.0. The highest BCUT2D eigenvalue weighted by atomic mass is 16.5. The number of rotatable bonds is 6. The van der Waals surface area contributed by atoms with Gasteiger partial charge in [0.15, 0.2) is 5.78 Å². The molecule has 1 amide bonds. The summed E-state index contributed by atoms with van der Waals surface area (Å²) in [4.78, 5) is 24.9. The van der Waals surface area contributed by atoms with Gasteiger partial charge in [-0.15, -0.1) is 0 Å². The van der Waals surface area contributed by atoms with Crippen molar-refractivity contribution in [3.8, 4) is 5.75 Å². The first-order chi connectivity index (χ1) is 15.5. The second kappa shape index (κ2) is 11.8. The highest BCUT2D eigenvalue weighted by Gasteiger charge is 2.33. The zero-order valence-corrected chi connectivity index (χ0v) is 18.6. The van der Waals surface area contributed by atoms with Gasteiger partial charge in [-0.05, 0) is 56.1 Å². The molecule has 0 saturated carbocycles. The second-order valence-corrected chi connectivity index (χ2v) is 8.59. The predicted molar refractivity (Wildman–Crippen MR) is 123 cm³/mol. The third-order valence-corrected chi connectivity index (χ3v) is 5.92. The summed E-state index contributed by atoms with van der Waals surface area (Å²) in [6.07, 6.45) is 13.6. The molecule has 1 saturated heterocycles. The number of Topliss-reactive ketones (excluding diaryl/α,β-unsaturated/α-hetero) is 1. The van der Waals surface area contributed by atoms with Crippen molar-refractivity contribution >= 4 is 11.7 Å². The van der Waals surface area contributed by atoms with Crippen molar-refractivity contribution < 1.29 is 24.5 Å². The molecule has 3 rings (SSSR count). The van der Waals surface area contributed by atoms with Gasteiger partial charge in [-0.25, -0.2) is 0 Å². The topological polar surface area (TPSA) is 95.9 Å². The van der Waals surface area contributed by atoms with Crippen LogP contribution < -0.4 is 5.32 Å². The number of aliphatic hydroxyl groups is 1. The summed E-state index contributed by atoms with van der Waals surface area (Å²) in [6, 6.07) is 5.12. The standard InChI is InChI=1S/C26H33NO5/c1-2-3-4-5-11-25(31)27-12-7-8-18-13-21-16-20(28)17-22(32-21)15-19-9-6-10-23(29)26(19)24(30)14-18/h3-7,9-12,18,20-22,28-29H,2,8,13-17H2,1H3,(H,27,31)/b4-3-,11-5-,12-7+. The van der Waals surface area contributed by atoms with Crippen molar-refractivity contribution in [2.75, 3.05) is 0 Å². The fourth-order valence-electron chi connectivity index (χ4n) is 4.50. The normalized spacial score (nSPS) is 26.5. The lowest BCUT2D eigenvalue weighted by Crippen LogP contribution is -2.38. The Morgan fingerprint density at radius 2 is 1.97 bits per heavy atom. The molecule has 3 N–H and O–H groups in total. The molecule has 2 heterocycles. The molecule has 1 aromatic carbocycles. The van der Waals surface area contributed by atoms with Crippen LogP contribution in [0.2, 0.25) is 0 Å². The summed E-state index contributed by atoms with van der Waals surface area (Å²) in [5.74, 6) is -0.331. The van der Waals surface area contributed by atoms with E-state index in [4.69, 9.17) is 4.74 Å². The van der Waals surface area contributed by atoms with Gasteiger partial charge < -0.3 is 20.3 Å². The first-order valence-electron chi connectivity index (χ1n) is 11.4. The quantitative estimate of drug-likeness (QED) is 0.460. The second-order valence-electron chi connectivity index (χ2n) is 8.59. The number of hydrogen-bond acceptors (Lipinski definition) is 5. The van der Waals surface area contributed by atoms with E-state index in [1.54, 1.807) is 18.3 Å². The van der Waals surface area contributed by atoms with E-state index < -0.39 is 6.10 Å². The van der Waals surface area contributed by atoms with Gasteiger partial charge in [-0.3, -0.25) is 9.59 Å². The number of ketones is 1. The minimum Gasteiger partial charge on any atom is -0.507 e. The van der Waals surface area contributed by atoms with E-state index in [0.29, 0.717) is 37.7 Å². The molecular formula is C26H33NO5. The maximum Gasteiger partial charge on any atom is 0.247 e. The molecule has 172 valence electrons. The molecular weight excluding hydrogens is 406 g/mol. The van der Waals surface area contributed by atoms with E-state index in [-0.39, 0.29) is 42.0 Å². The molecule has 2 aliphatic rings. The number of phenolic OH excluding ortho intramolecular Hbond substituents is 1. The molecule has 1 fully saturated rings. The number of nitrogens with one attached hydrogen (secondary N) is 1. The number of ether oxygens (including phenoxy) is 1. The molecule has 32 heavy (non-hydrogen) atoms. The van der Waals surface area contributed by atoms with Crippen LogP contribution >= 0.6 is 0 Å². The van der Waals surface area contributed by atoms with Gasteiger partial charge in [0.05, 0.1) is 23.9 Å². The van der Waals surface area contributed by atoms with Crippen molar-refractivity contribution in [2.45, 2.75) is 70.2 Å². The molecule has 0 aromatic heterocycles. The van der Waals surface area contributed by atoms with Crippen LogP contribution in [0.1, 0.15) is 61.4 Å². The van der Waals surface area contributed by atoms with E-state index in [2.05, 4.69) is 5.32 Å². The van der Waals surface area contributed by atoms with Crippen LogP contribution in [0.25, 0.3) is 0 Å². The van der Waals surface area contributed by atoms with Crippen LogP contribution in [0.15, 0.2) is 54.8 Å². The summed E-state index contributed by atoms with van der Waals surface area (Å²) in [5.41, 5.74) is 1.13. The SMILES string of the molecule is CC/C=C\C=C/C(=O)N/C=C/CC1CC(=O)c2c(O)cccc2CC2CC(O)CC(C1)O2. The Bertz CT molecular complexity index is 888. The summed E-state index contributed by atoms with van der Waals surface area (Å²) >= 11 is 0. The number of fused-ring (bicyclic) bond motifs is 3. The van der Waals surface area contributed by atoms with Gasteiger partial charge in [0.2, 0.25) is 5.91 Å². The van der Waals surface area contributed by atoms with Crippen LogP contribution in [-0.2, 0) is 16.0 Å². The zero-order valence-electron chi connectivity index (χ0n) is 18.6. The minimum absolute atomic E-state index is 0.00792. The maximum atomic E-state index is 13.1. The number of aliphatic hydroxyl groups excluding tert-OH is 1. The zero-order chi connectivity index (χ0) is 22.9. The smallest absolute Gasteiger partial charge is 0.247 e. The van der Waals surface area contributed by atoms with Gasteiger partial charge in [-0.2, -0.15) is 0 Å². The molecule has 0 aliphatic carbocycles. The number of aromatic hydroxyl groups is 1. The molecule has 0 spiro atoms. The molecule has 0 radical (unpaired) electrons.